The molecule has 0 aromatic heterocycles. The minimum Gasteiger partial charge on any atom is -0.377 e. The van der Waals surface area contributed by atoms with Crippen LogP contribution in [-0.2, 0) is 14.8 Å². The number of hydrogen-bond donors (Lipinski definition) is 2. The van der Waals surface area contributed by atoms with Gasteiger partial charge in [0.15, 0.2) is 0 Å². The van der Waals surface area contributed by atoms with Crippen molar-refractivity contribution in [2.45, 2.75) is 63.0 Å². The van der Waals surface area contributed by atoms with Crippen LogP contribution in [0.1, 0.15) is 51.4 Å². The lowest BCUT2D eigenvalue weighted by atomic mass is 9.83. The van der Waals surface area contributed by atoms with Crippen LogP contribution in [0.25, 0.3) is 0 Å². The summed E-state index contributed by atoms with van der Waals surface area (Å²) >= 11 is 0. The van der Waals surface area contributed by atoms with Crippen molar-refractivity contribution < 1.29 is 13.2 Å². The van der Waals surface area contributed by atoms with Crippen molar-refractivity contribution in [2.24, 2.45) is 5.73 Å². The van der Waals surface area contributed by atoms with Gasteiger partial charge in [0.2, 0.25) is 10.0 Å². The van der Waals surface area contributed by atoms with E-state index in [0.29, 0.717) is 13.2 Å². The van der Waals surface area contributed by atoms with Gasteiger partial charge in [-0.3, -0.25) is 0 Å². The van der Waals surface area contributed by atoms with Crippen LogP contribution < -0.4 is 10.5 Å². The third-order valence-electron chi connectivity index (χ3n) is 4.17. The fourth-order valence-electron chi connectivity index (χ4n) is 2.93. The first-order valence-corrected chi connectivity index (χ1v) is 9.02. The second-order valence-corrected chi connectivity index (χ2v) is 7.87. The van der Waals surface area contributed by atoms with Crippen LogP contribution in [0.15, 0.2) is 0 Å². The Kier molecular flexibility index (Phi) is 5.22. The van der Waals surface area contributed by atoms with Crippen LogP contribution in [-0.4, -0.2) is 39.0 Å². The summed E-state index contributed by atoms with van der Waals surface area (Å²) in [5, 5.41) is 0. The molecule has 19 heavy (non-hydrogen) atoms. The fourth-order valence-corrected chi connectivity index (χ4v) is 4.31. The van der Waals surface area contributed by atoms with Gasteiger partial charge in [0.1, 0.15) is 0 Å². The van der Waals surface area contributed by atoms with Crippen molar-refractivity contribution in [3.05, 3.63) is 0 Å². The molecule has 3 N–H and O–H groups in total. The van der Waals surface area contributed by atoms with E-state index in [0.717, 1.165) is 44.9 Å². The van der Waals surface area contributed by atoms with Gasteiger partial charge < -0.3 is 10.5 Å². The van der Waals surface area contributed by atoms with E-state index in [4.69, 9.17) is 10.5 Å². The van der Waals surface area contributed by atoms with Crippen molar-refractivity contribution >= 4 is 10.0 Å². The first-order valence-electron chi connectivity index (χ1n) is 7.37. The lowest BCUT2D eigenvalue weighted by Crippen LogP contribution is -2.52. The Bertz CT molecular complexity index is 371. The topological polar surface area (TPSA) is 81.4 Å². The van der Waals surface area contributed by atoms with Crippen LogP contribution in [0.4, 0.5) is 0 Å². The quantitative estimate of drug-likeness (QED) is 0.795. The summed E-state index contributed by atoms with van der Waals surface area (Å²) in [4.78, 5) is 0. The molecule has 0 spiro atoms. The minimum atomic E-state index is -3.27. The van der Waals surface area contributed by atoms with E-state index < -0.39 is 10.0 Å². The van der Waals surface area contributed by atoms with Gasteiger partial charge in [0.05, 0.1) is 11.9 Å². The predicted molar refractivity (Wildman–Crippen MR) is 75.4 cm³/mol. The molecule has 1 heterocycles. The average molecular weight is 290 g/mol. The van der Waals surface area contributed by atoms with Crippen molar-refractivity contribution in [1.82, 2.24) is 4.72 Å². The molecule has 0 radical (unpaired) electrons. The molecule has 1 atom stereocenters. The highest BCUT2D eigenvalue weighted by Gasteiger charge is 2.30. The number of rotatable bonds is 5. The van der Waals surface area contributed by atoms with Gasteiger partial charge in [0, 0.05) is 18.7 Å². The second-order valence-electron chi connectivity index (χ2n) is 6.01. The highest BCUT2D eigenvalue weighted by molar-refractivity contribution is 7.89. The van der Waals surface area contributed by atoms with E-state index in [9.17, 15) is 8.42 Å². The molecule has 112 valence electrons. The molecule has 6 heteroatoms. The van der Waals surface area contributed by atoms with E-state index >= 15 is 0 Å². The zero-order valence-electron chi connectivity index (χ0n) is 11.6. The minimum absolute atomic E-state index is 0.0725. The normalized spacial score (nSPS) is 28.2. The number of sulfonamides is 1. The molecule has 0 aromatic carbocycles. The number of nitrogens with one attached hydrogen (secondary N) is 1. The maximum absolute atomic E-state index is 12.0. The number of nitrogens with two attached hydrogens (primary N) is 1. The van der Waals surface area contributed by atoms with Crippen molar-refractivity contribution in [3.63, 3.8) is 0 Å². The standard InChI is InChI=1S/C13H26N2O3S/c14-13(7-3-1-4-8-13)11-15-19(16,17)10-12-6-2-5-9-18-12/h12,15H,1-11,14H2. The predicted octanol–water partition coefficient (Wildman–Crippen LogP) is 1.14. The van der Waals surface area contributed by atoms with Crippen LogP contribution >= 0.6 is 0 Å². The molecule has 2 fully saturated rings. The molecule has 0 aromatic rings. The Morgan fingerprint density at radius 2 is 1.89 bits per heavy atom. The van der Waals surface area contributed by atoms with Crippen LogP contribution in [0.3, 0.4) is 0 Å². The number of ether oxygens (including phenoxy) is 1. The molecule has 1 aliphatic carbocycles. The van der Waals surface area contributed by atoms with E-state index in [1.165, 1.54) is 6.42 Å². The zero-order chi connectivity index (χ0) is 13.8. The van der Waals surface area contributed by atoms with Crippen molar-refractivity contribution in [1.29, 1.82) is 0 Å². The summed E-state index contributed by atoms with van der Waals surface area (Å²) in [6.45, 7) is 1.04. The highest BCUT2D eigenvalue weighted by Crippen LogP contribution is 2.25. The molecule has 2 rings (SSSR count). The summed E-state index contributed by atoms with van der Waals surface area (Å²) in [7, 11) is -3.27. The van der Waals surface area contributed by atoms with Crippen LogP contribution in [0, 0.1) is 0 Å². The molecule has 5 nitrogen and oxygen atoms in total. The van der Waals surface area contributed by atoms with Crippen LogP contribution in [0.2, 0.25) is 0 Å². The molecule has 1 unspecified atom stereocenters. The molecular formula is C13H26N2O3S. The largest absolute Gasteiger partial charge is 0.377 e. The first-order chi connectivity index (χ1) is 8.99. The van der Waals surface area contributed by atoms with Gasteiger partial charge in [-0.05, 0) is 32.1 Å². The van der Waals surface area contributed by atoms with Gasteiger partial charge >= 0.3 is 0 Å². The first kappa shape index (κ1) is 15.2. The summed E-state index contributed by atoms with van der Waals surface area (Å²) < 4.78 is 32.2. The smallest absolute Gasteiger partial charge is 0.214 e. The second kappa shape index (κ2) is 6.52. The molecule has 1 saturated heterocycles. The monoisotopic (exact) mass is 290 g/mol. The van der Waals surface area contributed by atoms with E-state index in [2.05, 4.69) is 4.72 Å². The lowest BCUT2D eigenvalue weighted by Gasteiger charge is -2.33. The Morgan fingerprint density at radius 1 is 1.16 bits per heavy atom. The SMILES string of the molecule is NC1(CNS(=O)(=O)CC2CCCCO2)CCCCC1. The van der Waals surface area contributed by atoms with Crippen LogP contribution in [0.5, 0.6) is 0 Å². The summed E-state index contributed by atoms with van der Waals surface area (Å²) in [5.41, 5.74) is 5.89. The summed E-state index contributed by atoms with van der Waals surface area (Å²) in [5.74, 6) is 0.0725. The maximum atomic E-state index is 12.0. The fraction of sp³-hybridized carbons (Fsp3) is 1.00. The summed E-state index contributed by atoms with van der Waals surface area (Å²) in [6, 6.07) is 0. The molecule has 1 aliphatic heterocycles. The van der Waals surface area contributed by atoms with E-state index in [1.807, 2.05) is 0 Å². The molecule has 0 bridgehead atoms. The van der Waals surface area contributed by atoms with Gasteiger partial charge in [-0.15, -0.1) is 0 Å². The van der Waals surface area contributed by atoms with Gasteiger partial charge in [-0.1, -0.05) is 19.3 Å². The maximum Gasteiger partial charge on any atom is 0.214 e. The molecule has 2 aliphatic rings. The third kappa shape index (κ3) is 5.02. The molecule has 0 amide bonds. The third-order valence-corrected chi connectivity index (χ3v) is 5.57. The van der Waals surface area contributed by atoms with Crippen molar-refractivity contribution in [3.8, 4) is 0 Å². The Hall–Kier alpha value is -0.170. The van der Waals surface area contributed by atoms with Gasteiger partial charge in [-0.25, -0.2) is 13.1 Å². The van der Waals surface area contributed by atoms with E-state index in [1.54, 1.807) is 0 Å². The van der Waals surface area contributed by atoms with Gasteiger partial charge in [-0.2, -0.15) is 0 Å². The summed E-state index contributed by atoms with van der Waals surface area (Å²) in [6.07, 6.45) is 8.03. The zero-order valence-corrected chi connectivity index (χ0v) is 12.4. The Labute approximate surface area is 116 Å². The van der Waals surface area contributed by atoms with Gasteiger partial charge in [0.25, 0.3) is 0 Å². The van der Waals surface area contributed by atoms with Crippen molar-refractivity contribution in [2.75, 3.05) is 18.9 Å². The lowest BCUT2D eigenvalue weighted by molar-refractivity contribution is 0.0303. The Balaban J connectivity index is 1.79. The average Bonchev–Trinajstić information content (AvgIpc) is 2.38. The highest BCUT2D eigenvalue weighted by atomic mass is 32.2. The number of hydrogen-bond acceptors (Lipinski definition) is 4. The molecule has 1 saturated carbocycles. The van der Waals surface area contributed by atoms with E-state index in [-0.39, 0.29) is 17.4 Å². The Morgan fingerprint density at radius 3 is 2.53 bits per heavy atom. The molecular weight excluding hydrogens is 264 g/mol.